The average Bonchev–Trinajstić information content (AvgIpc) is 3.14. The summed E-state index contributed by atoms with van der Waals surface area (Å²) in [6.45, 7) is 1.97. The largest absolute Gasteiger partial charge is 0.469 e. The van der Waals surface area contributed by atoms with Gasteiger partial charge in [0.25, 0.3) is 0 Å². The van der Waals surface area contributed by atoms with E-state index >= 15 is 0 Å². The molecule has 0 bridgehead atoms. The first-order chi connectivity index (χ1) is 10.3. The lowest BCUT2D eigenvalue weighted by molar-refractivity contribution is 0.535. The van der Waals surface area contributed by atoms with Crippen molar-refractivity contribution in [3.63, 3.8) is 0 Å². The van der Waals surface area contributed by atoms with Crippen molar-refractivity contribution in [2.75, 3.05) is 7.05 Å². The number of nitrogens with one attached hydrogen (secondary N) is 1. The lowest BCUT2D eigenvalue weighted by Gasteiger charge is -2.15. The van der Waals surface area contributed by atoms with E-state index in [0.29, 0.717) is 0 Å². The molecule has 2 aromatic heterocycles. The van der Waals surface area contributed by atoms with Crippen molar-refractivity contribution in [2.45, 2.75) is 19.4 Å². The first-order valence-electron chi connectivity index (χ1n) is 6.99. The van der Waals surface area contributed by atoms with Crippen molar-refractivity contribution >= 4 is 11.3 Å². The fourth-order valence-corrected chi connectivity index (χ4v) is 3.32. The summed E-state index contributed by atoms with van der Waals surface area (Å²) >= 11 is 1.67. The molecule has 1 unspecified atom stereocenters. The van der Waals surface area contributed by atoms with Crippen LogP contribution in [0, 0.1) is 6.92 Å². The van der Waals surface area contributed by atoms with Crippen LogP contribution in [0.4, 0.5) is 0 Å². The molecule has 21 heavy (non-hydrogen) atoms. The Balaban J connectivity index is 1.79. The summed E-state index contributed by atoms with van der Waals surface area (Å²) in [5, 5.41) is 6.53. The Bertz CT molecular complexity index is 702. The highest BCUT2D eigenvalue weighted by atomic mass is 32.1. The summed E-state index contributed by atoms with van der Waals surface area (Å²) in [7, 11) is 1.99. The topological polar surface area (TPSA) is 38.1 Å². The number of furan rings is 1. The molecule has 2 heterocycles. The molecule has 0 aliphatic heterocycles. The van der Waals surface area contributed by atoms with Crippen molar-refractivity contribution < 1.29 is 4.42 Å². The van der Waals surface area contributed by atoms with Crippen LogP contribution >= 0.6 is 11.3 Å². The van der Waals surface area contributed by atoms with E-state index in [1.54, 1.807) is 17.6 Å². The highest BCUT2D eigenvalue weighted by Crippen LogP contribution is 2.29. The molecule has 3 aromatic rings. The van der Waals surface area contributed by atoms with Gasteiger partial charge in [0, 0.05) is 17.8 Å². The zero-order valence-corrected chi connectivity index (χ0v) is 13.0. The second-order valence-corrected chi connectivity index (χ2v) is 5.85. The lowest BCUT2D eigenvalue weighted by atomic mass is 10.0. The molecule has 1 atom stereocenters. The molecule has 3 rings (SSSR count). The minimum Gasteiger partial charge on any atom is -0.469 e. The van der Waals surface area contributed by atoms with Crippen LogP contribution in [-0.4, -0.2) is 12.0 Å². The molecule has 0 amide bonds. The summed E-state index contributed by atoms with van der Waals surface area (Å²) in [6.07, 6.45) is 2.60. The second kappa shape index (κ2) is 6.24. The van der Waals surface area contributed by atoms with Crippen LogP contribution < -0.4 is 5.32 Å². The lowest BCUT2D eigenvalue weighted by Crippen LogP contribution is -2.18. The van der Waals surface area contributed by atoms with Crippen LogP contribution in [0.2, 0.25) is 0 Å². The van der Waals surface area contributed by atoms with Gasteiger partial charge in [-0.3, -0.25) is 0 Å². The Morgan fingerprint density at radius 3 is 2.71 bits per heavy atom. The van der Waals surface area contributed by atoms with E-state index < -0.39 is 0 Å². The SMILES string of the molecule is CNC(Cc1csc(-c2ccoc2C)n1)c1ccccc1. The van der Waals surface area contributed by atoms with Crippen LogP contribution in [0.15, 0.2) is 52.5 Å². The molecule has 0 aliphatic rings. The zero-order chi connectivity index (χ0) is 14.7. The third-order valence-electron chi connectivity index (χ3n) is 3.60. The fraction of sp³-hybridized carbons (Fsp3) is 0.235. The molecule has 1 N–H and O–H groups in total. The van der Waals surface area contributed by atoms with Crippen molar-refractivity contribution in [1.82, 2.24) is 10.3 Å². The van der Waals surface area contributed by atoms with Gasteiger partial charge in [0.15, 0.2) is 0 Å². The second-order valence-electron chi connectivity index (χ2n) is 4.99. The normalized spacial score (nSPS) is 12.5. The van der Waals surface area contributed by atoms with Gasteiger partial charge in [0.1, 0.15) is 10.8 Å². The predicted octanol–water partition coefficient (Wildman–Crippen LogP) is 4.21. The van der Waals surface area contributed by atoms with Crippen LogP contribution in [0.25, 0.3) is 10.6 Å². The molecule has 1 aromatic carbocycles. The highest BCUT2D eigenvalue weighted by Gasteiger charge is 2.14. The molecule has 0 fully saturated rings. The molecule has 0 spiro atoms. The van der Waals surface area contributed by atoms with E-state index in [2.05, 4.69) is 35.0 Å². The molecular weight excluding hydrogens is 280 g/mol. The average molecular weight is 298 g/mol. The van der Waals surface area contributed by atoms with Crippen LogP contribution in [0.5, 0.6) is 0 Å². The van der Waals surface area contributed by atoms with Gasteiger partial charge < -0.3 is 9.73 Å². The third kappa shape index (κ3) is 3.06. The molecule has 0 saturated heterocycles. The maximum absolute atomic E-state index is 5.35. The van der Waals surface area contributed by atoms with Crippen LogP contribution in [0.3, 0.4) is 0 Å². The maximum Gasteiger partial charge on any atom is 0.127 e. The molecule has 0 aliphatic carbocycles. The van der Waals surface area contributed by atoms with Gasteiger partial charge in [-0.05, 0) is 25.6 Å². The van der Waals surface area contributed by atoms with Gasteiger partial charge in [-0.1, -0.05) is 30.3 Å². The summed E-state index contributed by atoms with van der Waals surface area (Å²) in [4.78, 5) is 4.75. The van der Waals surface area contributed by atoms with Gasteiger partial charge in [-0.2, -0.15) is 0 Å². The summed E-state index contributed by atoms with van der Waals surface area (Å²) in [5.74, 6) is 0.920. The van der Waals surface area contributed by atoms with Gasteiger partial charge in [0.05, 0.1) is 17.5 Å². The number of hydrogen-bond acceptors (Lipinski definition) is 4. The zero-order valence-electron chi connectivity index (χ0n) is 12.2. The Morgan fingerprint density at radius 1 is 1.24 bits per heavy atom. The van der Waals surface area contributed by atoms with Crippen LogP contribution in [-0.2, 0) is 6.42 Å². The van der Waals surface area contributed by atoms with Gasteiger partial charge in [0.2, 0.25) is 0 Å². The van der Waals surface area contributed by atoms with Crippen molar-refractivity contribution in [3.8, 4) is 10.6 Å². The number of thiazole rings is 1. The van der Waals surface area contributed by atoms with E-state index in [1.165, 1.54) is 5.56 Å². The monoisotopic (exact) mass is 298 g/mol. The Hall–Kier alpha value is -1.91. The number of rotatable bonds is 5. The third-order valence-corrected chi connectivity index (χ3v) is 4.53. The minimum atomic E-state index is 0.284. The number of aryl methyl sites for hydroxylation is 1. The van der Waals surface area contributed by atoms with Gasteiger partial charge in [-0.25, -0.2) is 4.98 Å². The van der Waals surface area contributed by atoms with E-state index in [0.717, 1.165) is 28.4 Å². The quantitative estimate of drug-likeness (QED) is 0.766. The van der Waals surface area contributed by atoms with Crippen LogP contribution in [0.1, 0.15) is 23.1 Å². The molecule has 3 nitrogen and oxygen atoms in total. The molecule has 4 heteroatoms. The standard InChI is InChI=1S/C17H18N2OS/c1-12-15(8-9-20-12)17-19-14(11-21-17)10-16(18-2)13-6-4-3-5-7-13/h3-9,11,16,18H,10H2,1-2H3. The van der Waals surface area contributed by atoms with E-state index in [1.807, 2.05) is 26.1 Å². The smallest absolute Gasteiger partial charge is 0.127 e. The number of hydrogen-bond donors (Lipinski definition) is 1. The number of benzene rings is 1. The Labute approximate surface area is 128 Å². The first-order valence-corrected chi connectivity index (χ1v) is 7.87. The Kier molecular flexibility index (Phi) is 4.18. The van der Waals surface area contributed by atoms with E-state index in [9.17, 15) is 0 Å². The summed E-state index contributed by atoms with van der Waals surface area (Å²) in [5.41, 5.74) is 3.49. The number of aromatic nitrogens is 1. The summed E-state index contributed by atoms with van der Waals surface area (Å²) < 4.78 is 5.35. The molecule has 0 saturated carbocycles. The highest BCUT2D eigenvalue weighted by molar-refractivity contribution is 7.13. The maximum atomic E-state index is 5.35. The minimum absolute atomic E-state index is 0.284. The van der Waals surface area contributed by atoms with Gasteiger partial charge in [-0.15, -0.1) is 11.3 Å². The molecular formula is C17H18N2OS. The predicted molar refractivity (Wildman–Crippen MR) is 86.5 cm³/mol. The number of likely N-dealkylation sites (N-methyl/N-ethyl adjacent to an activating group) is 1. The number of nitrogens with zero attached hydrogens (tertiary/aromatic N) is 1. The van der Waals surface area contributed by atoms with Crippen molar-refractivity contribution in [2.24, 2.45) is 0 Å². The first kappa shape index (κ1) is 14.0. The molecule has 0 radical (unpaired) electrons. The van der Waals surface area contributed by atoms with E-state index in [-0.39, 0.29) is 6.04 Å². The molecule has 108 valence electrons. The Morgan fingerprint density at radius 2 is 2.05 bits per heavy atom. The fourth-order valence-electron chi connectivity index (χ4n) is 2.41. The van der Waals surface area contributed by atoms with Crippen molar-refractivity contribution in [3.05, 3.63) is 65.1 Å². The van der Waals surface area contributed by atoms with Crippen molar-refractivity contribution in [1.29, 1.82) is 0 Å². The summed E-state index contributed by atoms with van der Waals surface area (Å²) in [6, 6.07) is 12.7. The van der Waals surface area contributed by atoms with E-state index in [4.69, 9.17) is 9.40 Å². The van der Waals surface area contributed by atoms with Gasteiger partial charge >= 0.3 is 0 Å².